The van der Waals surface area contributed by atoms with Gasteiger partial charge in [-0.05, 0) is 25.5 Å². The number of hydrogen-bond acceptors (Lipinski definition) is 5. The predicted octanol–water partition coefficient (Wildman–Crippen LogP) is -0.357. The van der Waals surface area contributed by atoms with Gasteiger partial charge in [0, 0.05) is 31.9 Å². The molecular weight excluding hydrogens is 335 g/mol. The Morgan fingerprint density at radius 3 is 3.04 bits per heavy atom. The van der Waals surface area contributed by atoms with Crippen molar-refractivity contribution in [1.82, 2.24) is 15.6 Å². The molecule has 1 saturated heterocycles. The lowest BCUT2D eigenvalue weighted by atomic mass is 10.3. The number of nitrogens with one attached hydrogen (secondary N) is 2. The first-order valence-corrected chi connectivity index (χ1v) is 9.51. The predicted molar refractivity (Wildman–Crippen MR) is 91.9 cm³/mol. The van der Waals surface area contributed by atoms with Crippen molar-refractivity contribution in [2.45, 2.75) is 19.4 Å². The minimum absolute atomic E-state index is 0.0682. The van der Waals surface area contributed by atoms with Crippen molar-refractivity contribution in [2.24, 2.45) is 10.1 Å². The van der Waals surface area contributed by atoms with Gasteiger partial charge >= 0.3 is 0 Å². The molecule has 1 aliphatic heterocycles. The highest BCUT2D eigenvalue weighted by molar-refractivity contribution is 7.89. The number of nitrogens with two attached hydrogens (primary N) is 1. The van der Waals surface area contributed by atoms with Gasteiger partial charge in [0.15, 0.2) is 17.6 Å². The van der Waals surface area contributed by atoms with Gasteiger partial charge in [0.05, 0.1) is 12.3 Å². The van der Waals surface area contributed by atoms with Crippen LogP contribution in [-0.2, 0) is 10.0 Å². The Morgan fingerprint density at radius 1 is 1.58 bits per heavy atom. The summed E-state index contributed by atoms with van der Waals surface area (Å²) in [5.41, 5.74) is 0. The second-order valence-corrected chi connectivity index (χ2v) is 7.25. The van der Waals surface area contributed by atoms with Gasteiger partial charge in [-0.15, -0.1) is 0 Å². The molecule has 0 radical (unpaired) electrons. The molecule has 8 nitrogen and oxygen atoms in total. The van der Waals surface area contributed by atoms with E-state index in [1.165, 1.54) is 6.07 Å². The summed E-state index contributed by atoms with van der Waals surface area (Å²) in [5, 5.41) is 11.3. The summed E-state index contributed by atoms with van der Waals surface area (Å²) in [4.78, 5) is 10.2. The number of primary sulfonamides is 1. The highest BCUT2D eigenvalue weighted by Crippen LogP contribution is 2.20. The fraction of sp³-hybridized carbons (Fsp3) is 0.571. The van der Waals surface area contributed by atoms with Gasteiger partial charge in [-0.3, -0.25) is 4.99 Å². The molecule has 24 heavy (non-hydrogen) atoms. The Balaban J connectivity index is 1.94. The number of aliphatic imine (C=N–C) groups is 1. The van der Waals surface area contributed by atoms with Crippen molar-refractivity contribution in [2.75, 3.05) is 36.8 Å². The number of anilines is 1. The fourth-order valence-electron chi connectivity index (χ4n) is 2.48. The summed E-state index contributed by atoms with van der Waals surface area (Å²) >= 11 is 0. The number of guanidine groups is 1. The van der Waals surface area contributed by atoms with Crippen LogP contribution in [0.3, 0.4) is 0 Å². The normalized spacial score (nSPS) is 18.7. The van der Waals surface area contributed by atoms with E-state index in [1.807, 2.05) is 11.8 Å². The van der Waals surface area contributed by atoms with Crippen molar-refractivity contribution in [3.63, 3.8) is 0 Å². The molecule has 0 bridgehead atoms. The number of pyridine rings is 1. The molecule has 4 N–H and O–H groups in total. The lowest BCUT2D eigenvalue weighted by molar-refractivity contribution is 0.597. The van der Waals surface area contributed by atoms with Crippen LogP contribution in [0.2, 0.25) is 0 Å². The summed E-state index contributed by atoms with van der Waals surface area (Å²) in [6.45, 7) is 3.92. The van der Waals surface area contributed by atoms with Gasteiger partial charge in [-0.1, -0.05) is 0 Å². The van der Waals surface area contributed by atoms with E-state index in [4.69, 9.17) is 5.14 Å². The van der Waals surface area contributed by atoms with E-state index in [0.717, 1.165) is 6.42 Å². The summed E-state index contributed by atoms with van der Waals surface area (Å²) in [6, 6.07) is 3.02. The van der Waals surface area contributed by atoms with Crippen molar-refractivity contribution in [3.8, 4) is 0 Å². The second kappa shape index (κ2) is 8.25. The number of aromatic nitrogens is 1. The zero-order chi connectivity index (χ0) is 17.6. The van der Waals surface area contributed by atoms with Crippen molar-refractivity contribution in [3.05, 3.63) is 24.1 Å². The zero-order valence-corrected chi connectivity index (χ0v) is 14.4. The van der Waals surface area contributed by atoms with Crippen LogP contribution in [0, 0.1) is 5.82 Å². The molecule has 10 heteroatoms. The van der Waals surface area contributed by atoms with Crippen LogP contribution in [-0.4, -0.2) is 57.3 Å². The average Bonchev–Trinajstić information content (AvgIpc) is 2.95. The second-order valence-electron chi connectivity index (χ2n) is 5.51. The van der Waals surface area contributed by atoms with Crippen molar-refractivity contribution >= 4 is 21.8 Å². The molecule has 0 spiro atoms. The highest BCUT2D eigenvalue weighted by atomic mass is 32.2. The van der Waals surface area contributed by atoms with Crippen molar-refractivity contribution < 1.29 is 12.8 Å². The number of sulfonamides is 1. The van der Waals surface area contributed by atoms with Gasteiger partial charge in [0.1, 0.15) is 0 Å². The Morgan fingerprint density at radius 2 is 2.38 bits per heavy atom. The van der Waals surface area contributed by atoms with Crippen LogP contribution < -0.4 is 20.7 Å². The maximum Gasteiger partial charge on any atom is 0.210 e. The Bertz CT molecular complexity index is 682. The van der Waals surface area contributed by atoms with Gasteiger partial charge in [-0.25, -0.2) is 22.9 Å². The van der Waals surface area contributed by atoms with Crippen LogP contribution in [0.4, 0.5) is 10.2 Å². The third-order valence-electron chi connectivity index (χ3n) is 3.56. The molecule has 0 aromatic carbocycles. The molecule has 0 saturated carbocycles. The third kappa shape index (κ3) is 5.60. The summed E-state index contributed by atoms with van der Waals surface area (Å²) < 4.78 is 35.7. The molecule has 1 fully saturated rings. The molecule has 0 amide bonds. The third-order valence-corrected chi connectivity index (χ3v) is 4.31. The van der Waals surface area contributed by atoms with Gasteiger partial charge in [0.2, 0.25) is 10.0 Å². The largest absolute Gasteiger partial charge is 0.357 e. The quantitative estimate of drug-likeness (QED) is 0.473. The van der Waals surface area contributed by atoms with Crippen LogP contribution >= 0.6 is 0 Å². The van der Waals surface area contributed by atoms with Gasteiger partial charge in [-0.2, -0.15) is 0 Å². The SMILES string of the molecule is CCNC(=NCCS(N)(=O)=O)NC1CCN(c2ncccc2F)C1. The molecule has 1 aromatic rings. The monoisotopic (exact) mass is 358 g/mol. The molecule has 0 aliphatic carbocycles. The van der Waals surface area contributed by atoms with E-state index in [-0.39, 0.29) is 24.2 Å². The minimum atomic E-state index is -3.53. The summed E-state index contributed by atoms with van der Waals surface area (Å²) in [6.07, 6.45) is 2.37. The molecule has 2 heterocycles. The number of nitrogens with zero attached hydrogens (tertiary/aromatic N) is 3. The smallest absolute Gasteiger partial charge is 0.210 e. The number of hydrogen-bond donors (Lipinski definition) is 3. The molecule has 1 atom stereocenters. The van der Waals surface area contributed by atoms with Crippen LogP contribution in [0.5, 0.6) is 0 Å². The Labute approximate surface area is 141 Å². The molecule has 134 valence electrons. The first-order chi connectivity index (χ1) is 11.4. The molecule has 1 unspecified atom stereocenters. The van der Waals surface area contributed by atoms with E-state index in [1.54, 1.807) is 12.3 Å². The van der Waals surface area contributed by atoms with Crippen LogP contribution in [0.15, 0.2) is 23.3 Å². The molecular formula is C14H23FN6O2S. The van der Waals surface area contributed by atoms with Crippen molar-refractivity contribution in [1.29, 1.82) is 0 Å². The first kappa shape index (κ1) is 18.4. The Hall–Kier alpha value is -1.94. The average molecular weight is 358 g/mol. The highest BCUT2D eigenvalue weighted by Gasteiger charge is 2.25. The zero-order valence-electron chi connectivity index (χ0n) is 13.6. The maximum absolute atomic E-state index is 13.8. The molecule has 2 rings (SSSR count). The standard InChI is InChI=1S/C14H23FN6O2S/c1-2-17-14(19-7-9-24(16,22)23)20-11-5-8-21(10-11)13-12(15)4-3-6-18-13/h3-4,6,11H,2,5,7-10H2,1H3,(H2,16,22,23)(H2,17,19,20). The number of halogens is 1. The van der Waals surface area contributed by atoms with E-state index in [2.05, 4.69) is 20.6 Å². The van der Waals surface area contributed by atoms with Crippen LogP contribution in [0.1, 0.15) is 13.3 Å². The first-order valence-electron chi connectivity index (χ1n) is 7.80. The molecule has 1 aliphatic rings. The fourth-order valence-corrected chi connectivity index (χ4v) is 2.82. The van der Waals surface area contributed by atoms with Crippen LogP contribution in [0.25, 0.3) is 0 Å². The van der Waals surface area contributed by atoms with E-state index in [9.17, 15) is 12.8 Å². The summed E-state index contributed by atoms with van der Waals surface area (Å²) in [7, 11) is -3.53. The maximum atomic E-state index is 13.8. The topological polar surface area (TPSA) is 113 Å². The van der Waals surface area contributed by atoms with E-state index in [0.29, 0.717) is 31.4 Å². The lowest BCUT2D eigenvalue weighted by Gasteiger charge is -2.19. The Kier molecular flexibility index (Phi) is 6.32. The molecule has 1 aromatic heterocycles. The van der Waals surface area contributed by atoms with Gasteiger partial charge in [0.25, 0.3) is 0 Å². The minimum Gasteiger partial charge on any atom is -0.357 e. The van der Waals surface area contributed by atoms with Gasteiger partial charge < -0.3 is 15.5 Å². The summed E-state index contributed by atoms with van der Waals surface area (Å²) in [5.74, 6) is 0.318. The van der Waals surface area contributed by atoms with E-state index >= 15 is 0 Å². The lowest BCUT2D eigenvalue weighted by Crippen LogP contribution is -2.45. The number of rotatable bonds is 6. The van der Waals surface area contributed by atoms with E-state index < -0.39 is 10.0 Å².